The van der Waals surface area contributed by atoms with E-state index in [4.69, 9.17) is 10.5 Å². The highest BCUT2D eigenvalue weighted by atomic mass is 16.5. The summed E-state index contributed by atoms with van der Waals surface area (Å²) in [5.74, 6) is -0.0651. The number of nitrogens with two attached hydrogens (primary N) is 1. The zero-order chi connectivity index (χ0) is 26.7. The van der Waals surface area contributed by atoms with Crippen molar-refractivity contribution in [3.63, 3.8) is 0 Å². The summed E-state index contributed by atoms with van der Waals surface area (Å²) in [4.78, 5) is 30.9. The molecule has 2 amide bonds. The molecule has 198 valence electrons. The van der Waals surface area contributed by atoms with E-state index in [-0.39, 0.29) is 22.4 Å². The molecule has 0 atom stereocenters. The summed E-state index contributed by atoms with van der Waals surface area (Å²) in [5.41, 5.74) is 9.93. The number of amides is 2. The van der Waals surface area contributed by atoms with Crippen LogP contribution >= 0.6 is 0 Å². The van der Waals surface area contributed by atoms with Gasteiger partial charge in [-0.1, -0.05) is 26.0 Å². The minimum atomic E-state index is -0.603. The van der Waals surface area contributed by atoms with Gasteiger partial charge in [-0.2, -0.15) is 5.10 Å². The largest absolute Gasteiger partial charge is 0.497 e. The first-order valence-corrected chi connectivity index (χ1v) is 13.6. The maximum Gasteiger partial charge on any atom is 0.277 e. The van der Waals surface area contributed by atoms with E-state index in [9.17, 15) is 9.59 Å². The number of ether oxygens (including phenoxy) is 1. The lowest BCUT2D eigenvalue weighted by atomic mass is 9.87. The first-order chi connectivity index (χ1) is 18.3. The van der Waals surface area contributed by atoms with Crippen LogP contribution in [-0.2, 0) is 10.8 Å². The number of carbonyl (C=O) groups excluding carboxylic acids is 2. The van der Waals surface area contributed by atoms with Crippen molar-refractivity contribution in [2.75, 3.05) is 38.2 Å². The molecule has 3 aliphatic rings. The van der Waals surface area contributed by atoms with Gasteiger partial charge in [0.05, 0.1) is 12.8 Å². The van der Waals surface area contributed by atoms with Crippen LogP contribution in [0.3, 0.4) is 0 Å². The van der Waals surface area contributed by atoms with E-state index in [2.05, 4.69) is 48.1 Å². The standard InChI is InChI=1S/C30H35N5O3/c1-4-33(5-2)18-29(14-15-29)20-6-8-21(9-7-20)34-19-30(16-17-30)24-25(27(31)36)32-35(26(24)28(34)37)22-10-12-23(38-3)13-11-22/h6-13H,4-5,14-19H2,1-3H3,(H2,31,36). The molecule has 2 heterocycles. The van der Waals surface area contributed by atoms with Gasteiger partial charge in [0.25, 0.3) is 11.8 Å². The van der Waals surface area contributed by atoms with Crippen molar-refractivity contribution in [1.82, 2.24) is 14.7 Å². The second-order valence-electron chi connectivity index (χ2n) is 11.0. The molecule has 6 rings (SSSR count). The molecule has 0 bridgehead atoms. The number of anilines is 1. The van der Waals surface area contributed by atoms with Crippen LogP contribution in [0.2, 0.25) is 0 Å². The van der Waals surface area contributed by atoms with Crippen molar-refractivity contribution in [2.45, 2.75) is 50.4 Å². The quantitative estimate of drug-likeness (QED) is 0.466. The highest BCUT2D eigenvalue weighted by Gasteiger charge is 2.56. The van der Waals surface area contributed by atoms with E-state index in [1.807, 2.05) is 29.2 Å². The molecular formula is C30H35N5O3. The zero-order valence-electron chi connectivity index (χ0n) is 22.4. The van der Waals surface area contributed by atoms with Gasteiger partial charge in [0, 0.05) is 35.2 Å². The average Bonchev–Trinajstić information content (AvgIpc) is 3.86. The molecule has 1 aliphatic heterocycles. The Hall–Kier alpha value is -3.65. The van der Waals surface area contributed by atoms with Crippen LogP contribution in [-0.4, -0.2) is 59.8 Å². The van der Waals surface area contributed by atoms with Crippen molar-refractivity contribution < 1.29 is 14.3 Å². The van der Waals surface area contributed by atoms with Crippen molar-refractivity contribution >= 4 is 17.5 Å². The molecule has 1 aromatic heterocycles. The van der Waals surface area contributed by atoms with E-state index in [1.54, 1.807) is 11.8 Å². The molecule has 2 saturated carbocycles. The number of fused-ring (bicyclic) bond motifs is 2. The Morgan fingerprint density at radius 3 is 2.16 bits per heavy atom. The Balaban J connectivity index is 1.37. The molecule has 2 aromatic carbocycles. The average molecular weight is 514 g/mol. The fourth-order valence-electron chi connectivity index (χ4n) is 6.11. The molecule has 8 heteroatoms. The van der Waals surface area contributed by atoms with Gasteiger partial charge in [-0.25, -0.2) is 4.68 Å². The Labute approximate surface area is 223 Å². The van der Waals surface area contributed by atoms with Crippen molar-refractivity contribution in [1.29, 1.82) is 0 Å². The maximum absolute atomic E-state index is 14.1. The highest BCUT2D eigenvalue weighted by molar-refractivity contribution is 6.10. The molecule has 2 aliphatic carbocycles. The highest BCUT2D eigenvalue weighted by Crippen LogP contribution is 2.55. The lowest BCUT2D eigenvalue weighted by Gasteiger charge is -2.34. The lowest BCUT2D eigenvalue weighted by molar-refractivity contribution is 0.0966. The summed E-state index contributed by atoms with van der Waals surface area (Å²) in [6.45, 7) is 8.14. The van der Waals surface area contributed by atoms with Gasteiger partial charge in [0.1, 0.15) is 11.4 Å². The predicted octanol–water partition coefficient (Wildman–Crippen LogP) is 4.05. The van der Waals surface area contributed by atoms with Crippen LogP contribution in [0.25, 0.3) is 5.69 Å². The maximum atomic E-state index is 14.1. The van der Waals surface area contributed by atoms with Gasteiger partial charge in [-0.05, 0) is 80.7 Å². The number of hydrogen-bond acceptors (Lipinski definition) is 5. The van der Waals surface area contributed by atoms with E-state index in [0.717, 1.165) is 38.2 Å². The Kier molecular flexibility index (Phi) is 5.83. The van der Waals surface area contributed by atoms with Crippen molar-refractivity contribution in [3.05, 3.63) is 71.0 Å². The fraction of sp³-hybridized carbons (Fsp3) is 0.433. The molecule has 8 nitrogen and oxygen atoms in total. The van der Waals surface area contributed by atoms with Crippen molar-refractivity contribution in [3.8, 4) is 11.4 Å². The minimum absolute atomic E-state index is 0.162. The number of aromatic nitrogens is 2. The van der Waals surface area contributed by atoms with E-state index >= 15 is 0 Å². The number of nitrogens with zero attached hydrogens (tertiary/aromatic N) is 4. The van der Waals surface area contributed by atoms with Crippen LogP contribution in [0.15, 0.2) is 48.5 Å². The minimum Gasteiger partial charge on any atom is -0.497 e. The van der Waals surface area contributed by atoms with Gasteiger partial charge < -0.3 is 20.3 Å². The molecule has 0 saturated heterocycles. The second kappa shape index (κ2) is 8.98. The smallest absolute Gasteiger partial charge is 0.277 e. The van der Waals surface area contributed by atoms with Crippen LogP contribution in [0, 0.1) is 0 Å². The molecule has 2 N–H and O–H groups in total. The molecule has 0 radical (unpaired) electrons. The number of likely N-dealkylation sites (N-methyl/N-ethyl adjacent to an activating group) is 1. The van der Waals surface area contributed by atoms with Crippen LogP contribution in [0.1, 0.15) is 71.6 Å². The summed E-state index contributed by atoms with van der Waals surface area (Å²) in [5, 5.41) is 4.58. The zero-order valence-corrected chi connectivity index (χ0v) is 22.4. The summed E-state index contributed by atoms with van der Waals surface area (Å²) >= 11 is 0. The van der Waals surface area contributed by atoms with E-state index in [1.165, 1.54) is 18.4 Å². The van der Waals surface area contributed by atoms with Crippen LogP contribution in [0.4, 0.5) is 5.69 Å². The SMILES string of the molecule is CCN(CC)CC1(c2ccc(N3CC4(CC4)c4c(C(N)=O)nn(-c5ccc(OC)cc5)c4C3=O)cc2)CC1. The first kappa shape index (κ1) is 24.7. The summed E-state index contributed by atoms with van der Waals surface area (Å²) < 4.78 is 6.87. The third-order valence-corrected chi connectivity index (χ3v) is 8.79. The fourth-order valence-corrected chi connectivity index (χ4v) is 6.11. The number of hydrogen-bond donors (Lipinski definition) is 1. The van der Waals surface area contributed by atoms with Crippen molar-refractivity contribution in [2.24, 2.45) is 5.73 Å². The Bertz CT molecular complexity index is 1380. The second-order valence-corrected chi connectivity index (χ2v) is 11.0. The number of primary amides is 1. The van der Waals surface area contributed by atoms with Gasteiger partial charge >= 0.3 is 0 Å². The van der Waals surface area contributed by atoms with Gasteiger partial charge in [0.2, 0.25) is 0 Å². The summed E-state index contributed by atoms with van der Waals surface area (Å²) in [7, 11) is 1.61. The number of methoxy groups -OCH3 is 1. The monoisotopic (exact) mass is 513 g/mol. The third kappa shape index (κ3) is 3.89. The third-order valence-electron chi connectivity index (χ3n) is 8.79. The first-order valence-electron chi connectivity index (χ1n) is 13.6. The molecule has 38 heavy (non-hydrogen) atoms. The van der Waals surface area contributed by atoms with Gasteiger partial charge in [0.15, 0.2) is 5.69 Å². The Morgan fingerprint density at radius 2 is 1.63 bits per heavy atom. The molecule has 3 aromatic rings. The number of carbonyl (C=O) groups is 2. The van der Waals surface area contributed by atoms with Gasteiger partial charge in [-0.3, -0.25) is 9.59 Å². The molecular weight excluding hydrogens is 478 g/mol. The lowest BCUT2D eigenvalue weighted by Crippen LogP contribution is -2.44. The topological polar surface area (TPSA) is 93.7 Å². The molecule has 2 fully saturated rings. The van der Waals surface area contributed by atoms with Gasteiger partial charge in [-0.15, -0.1) is 0 Å². The van der Waals surface area contributed by atoms with Crippen LogP contribution < -0.4 is 15.4 Å². The van der Waals surface area contributed by atoms with Crippen LogP contribution in [0.5, 0.6) is 5.75 Å². The Morgan fingerprint density at radius 1 is 1.00 bits per heavy atom. The van der Waals surface area contributed by atoms with E-state index in [0.29, 0.717) is 29.2 Å². The predicted molar refractivity (Wildman–Crippen MR) is 146 cm³/mol. The number of benzene rings is 2. The summed E-state index contributed by atoms with van der Waals surface area (Å²) in [6, 6.07) is 15.9. The molecule has 1 spiro atoms. The number of rotatable bonds is 9. The summed E-state index contributed by atoms with van der Waals surface area (Å²) in [6.07, 6.45) is 4.19. The molecule has 0 unspecified atom stereocenters. The normalized spacial score (nSPS) is 18.5. The van der Waals surface area contributed by atoms with E-state index < -0.39 is 5.91 Å².